The molecule has 28 heavy (non-hydrogen) atoms. The standard InChI is InChI=1S/C24H20N2O2/c27-24(28)22-19-12-4-5-14-21(19)26-23(18-10-2-1-3-11-18)20(22)13-6-8-17-9-7-15-25-16-17/h1-5,7,9-12,14-16H,6,8,13H2,(H,27,28). The van der Waals surface area contributed by atoms with E-state index in [1.807, 2.05) is 72.9 Å². The average molecular weight is 368 g/mol. The Morgan fingerprint density at radius 3 is 2.43 bits per heavy atom. The first-order valence-electron chi connectivity index (χ1n) is 9.33. The molecule has 0 spiro atoms. The second kappa shape index (κ2) is 8.01. The number of carboxylic acid groups (broad SMARTS) is 1. The van der Waals surface area contributed by atoms with Crippen molar-refractivity contribution in [3.63, 3.8) is 0 Å². The quantitative estimate of drug-likeness (QED) is 0.510. The minimum Gasteiger partial charge on any atom is -0.478 e. The Balaban J connectivity index is 1.81. The van der Waals surface area contributed by atoms with E-state index in [4.69, 9.17) is 4.98 Å². The molecule has 0 fully saturated rings. The molecular formula is C24H20N2O2. The third kappa shape index (κ3) is 3.62. The van der Waals surface area contributed by atoms with Crippen molar-refractivity contribution in [1.29, 1.82) is 0 Å². The Kier molecular flexibility index (Phi) is 5.11. The number of carboxylic acids is 1. The highest BCUT2D eigenvalue weighted by Crippen LogP contribution is 2.31. The van der Waals surface area contributed by atoms with E-state index >= 15 is 0 Å². The molecule has 0 aliphatic heterocycles. The molecule has 0 amide bonds. The number of benzene rings is 2. The fourth-order valence-corrected chi connectivity index (χ4v) is 3.59. The zero-order chi connectivity index (χ0) is 19.3. The van der Waals surface area contributed by atoms with Gasteiger partial charge in [0.1, 0.15) is 0 Å². The number of aryl methyl sites for hydroxylation is 1. The van der Waals surface area contributed by atoms with E-state index in [1.165, 1.54) is 0 Å². The van der Waals surface area contributed by atoms with Gasteiger partial charge in [0.2, 0.25) is 0 Å². The van der Waals surface area contributed by atoms with Gasteiger partial charge >= 0.3 is 5.97 Å². The van der Waals surface area contributed by atoms with E-state index in [9.17, 15) is 9.90 Å². The molecule has 4 heteroatoms. The molecule has 4 aromatic rings. The van der Waals surface area contributed by atoms with Gasteiger partial charge in [-0.3, -0.25) is 4.98 Å². The third-order valence-electron chi connectivity index (χ3n) is 4.87. The van der Waals surface area contributed by atoms with Crippen LogP contribution >= 0.6 is 0 Å². The second-order valence-corrected chi connectivity index (χ2v) is 6.72. The Labute approximate surface area is 163 Å². The van der Waals surface area contributed by atoms with Crippen molar-refractivity contribution < 1.29 is 9.90 Å². The van der Waals surface area contributed by atoms with Gasteiger partial charge in [-0.2, -0.15) is 0 Å². The molecule has 0 radical (unpaired) electrons. The Hall–Kier alpha value is -3.53. The van der Waals surface area contributed by atoms with E-state index in [0.717, 1.165) is 35.2 Å². The van der Waals surface area contributed by atoms with Gasteiger partial charge in [0.25, 0.3) is 0 Å². The van der Waals surface area contributed by atoms with E-state index in [2.05, 4.69) is 4.98 Å². The predicted molar refractivity (Wildman–Crippen MR) is 110 cm³/mol. The molecule has 2 aromatic heterocycles. The molecule has 2 aromatic carbocycles. The smallest absolute Gasteiger partial charge is 0.336 e. The number of fused-ring (bicyclic) bond motifs is 1. The molecule has 0 unspecified atom stereocenters. The Bertz CT molecular complexity index is 1110. The normalized spacial score (nSPS) is 10.9. The highest BCUT2D eigenvalue weighted by Gasteiger charge is 2.20. The highest BCUT2D eigenvalue weighted by molar-refractivity contribution is 6.05. The number of hydrogen-bond acceptors (Lipinski definition) is 3. The van der Waals surface area contributed by atoms with Gasteiger partial charge in [0.15, 0.2) is 0 Å². The summed E-state index contributed by atoms with van der Waals surface area (Å²) in [6, 6.07) is 21.2. The molecule has 0 atom stereocenters. The molecule has 138 valence electrons. The Morgan fingerprint density at radius 1 is 0.893 bits per heavy atom. The average Bonchev–Trinajstić information content (AvgIpc) is 2.74. The van der Waals surface area contributed by atoms with Crippen molar-refractivity contribution in [2.24, 2.45) is 0 Å². The predicted octanol–water partition coefficient (Wildman–Crippen LogP) is 5.17. The Morgan fingerprint density at radius 2 is 1.68 bits per heavy atom. The van der Waals surface area contributed by atoms with Crippen LogP contribution in [0.5, 0.6) is 0 Å². The van der Waals surface area contributed by atoms with Crippen LogP contribution in [0, 0.1) is 0 Å². The zero-order valence-corrected chi connectivity index (χ0v) is 15.4. The van der Waals surface area contributed by atoms with Crippen LogP contribution in [0.4, 0.5) is 0 Å². The lowest BCUT2D eigenvalue weighted by Crippen LogP contribution is -2.08. The zero-order valence-electron chi connectivity index (χ0n) is 15.4. The lowest BCUT2D eigenvalue weighted by atomic mass is 9.92. The van der Waals surface area contributed by atoms with Crippen LogP contribution in [0.3, 0.4) is 0 Å². The van der Waals surface area contributed by atoms with Crippen molar-refractivity contribution in [3.05, 3.63) is 95.8 Å². The SMILES string of the molecule is O=C(O)c1c(CCCc2cccnc2)c(-c2ccccc2)nc2ccccc12. The van der Waals surface area contributed by atoms with Crippen LogP contribution in [0.2, 0.25) is 0 Å². The van der Waals surface area contributed by atoms with E-state index in [0.29, 0.717) is 22.9 Å². The van der Waals surface area contributed by atoms with Gasteiger partial charge in [-0.05, 0) is 42.5 Å². The van der Waals surface area contributed by atoms with Crippen LogP contribution in [-0.4, -0.2) is 21.0 Å². The molecule has 0 aliphatic carbocycles. The molecule has 0 saturated carbocycles. The monoisotopic (exact) mass is 368 g/mol. The number of aromatic nitrogens is 2. The summed E-state index contributed by atoms with van der Waals surface area (Å²) in [4.78, 5) is 21.2. The maximum atomic E-state index is 12.2. The van der Waals surface area contributed by atoms with Crippen molar-refractivity contribution in [2.75, 3.05) is 0 Å². The number of hydrogen-bond donors (Lipinski definition) is 1. The van der Waals surface area contributed by atoms with E-state index < -0.39 is 5.97 Å². The molecule has 2 heterocycles. The highest BCUT2D eigenvalue weighted by atomic mass is 16.4. The van der Waals surface area contributed by atoms with Gasteiger partial charge in [0.05, 0.1) is 16.8 Å². The number of carbonyl (C=O) groups is 1. The molecule has 4 rings (SSSR count). The first kappa shape index (κ1) is 17.9. The van der Waals surface area contributed by atoms with Gasteiger partial charge < -0.3 is 5.11 Å². The molecular weight excluding hydrogens is 348 g/mol. The van der Waals surface area contributed by atoms with E-state index in [-0.39, 0.29) is 0 Å². The summed E-state index contributed by atoms with van der Waals surface area (Å²) in [5.41, 5.74) is 4.69. The summed E-state index contributed by atoms with van der Waals surface area (Å²) in [6.45, 7) is 0. The summed E-state index contributed by atoms with van der Waals surface area (Å²) in [6.07, 6.45) is 5.92. The van der Waals surface area contributed by atoms with Gasteiger partial charge in [-0.25, -0.2) is 9.78 Å². The topological polar surface area (TPSA) is 63.1 Å². The summed E-state index contributed by atoms with van der Waals surface area (Å²) in [5, 5.41) is 10.7. The van der Waals surface area contributed by atoms with Crippen molar-refractivity contribution in [2.45, 2.75) is 19.3 Å². The maximum absolute atomic E-state index is 12.2. The lowest BCUT2D eigenvalue weighted by Gasteiger charge is -2.15. The number of pyridine rings is 2. The largest absolute Gasteiger partial charge is 0.478 e. The van der Waals surface area contributed by atoms with Crippen LogP contribution in [-0.2, 0) is 12.8 Å². The summed E-state index contributed by atoms with van der Waals surface area (Å²) in [7, 11) is 0. The molecule has 0 aliphatic rings. The van der Waals surface area contributed by atoms with Gasteiger partial charge in [-0.15, -0.1) is 0 Å². The first-order chi connectivity index (χ1) is 13.7. The summed E-state index contributed by atoms with van der Waals surface area (Å²) in [5.74, 6) is -0.910. The summed E-state index contributed by atoms with van der Waals surface area (Å²) >= 11 is 0. The van der Waals surface area contributed by atoms with E-state index in [1.54, 1.807) is 6.20 Å². The van der Waals surface area contributed by atoms with Crippen LogP contribution in [0.1, 0.15) is 27.9 Å². The molecule has 4 nitrogen and oxygen atoms in total. The second-order valence-electron chi connectivity index (χ2n) is 6.72. The molecule has 0 saturated heterocycles. The van der Waals surface area contributed by atoms with Gasteiger partial charge in [-0.1, -0.05) is 54.6 Å². The fraction of sp³-hybridized carbons (Fsp3) is 0.125. The third-order valence-corrected chi connectivity index (χ3v) is 4.87. The summed E-state index contributed by atoms with van der Waals surface area (Å²) < 4.78 is 0. The minimum atomic E-state index is -0.910. The van der Waals surface area contributed by atoms with Crippen LogP contribution in [0.25, 0.3) is 22.2 Å². The first-order valence-corrected chi connectivity index (χ1v) is 9.33. The number of aromatic carboxylic acids is 1. The van der Waals surface area contributed by atoms with Crippen molar-refractivity contribution >= 4 is 16.9 Å². The number of rotatable bonds is 6. The molecule has 0 bridgehead atoms. The lowest BCUT2D eigenvalue weighted by molar-refractivity contribution is 0.0698. The van der Waals surface area contributed by atoms with Crippen LogP contribution in [0.15, 0.2) is 79.1 Å². The van der Waals surface area contributed by atoms with Crippen molar-refractivity contribution in [3.8, 4) is 11.3 Å². The maximum Gasteiger partial charge on any atom is 0.336 e. The molecule has 1 N–H and O–H groups in total. The van der Waals surface area contributed by atoms with Crippen LogP contribution < -0.4 is 0 Å². The minimum absolute atomic E-state index is 0.357. The number of nitrogens with zero attached hydrogens (tertiary/aromatic N) is 2. The fourth-order valence-electron chi connectivity index (χ4n) is 3.59. The van der Waals surface area contributed by atoms with Crippen molar-refractivity contribution in [1.82, 2.24) is 9.97 Å². The number of para-hydroxylation sites is 1. The van der Waals surface area contributed by atoms with Gasteiger partial charge in [0, 0.05) is 23.3 Å².